The summed E-state index contributed by atoms with van der Waals surface area (Å²) in [6.45, 7) is 8.19. The molecule has 0 aliphatic heterocycles. The minimum atomic E-state index is -3.78. The van der Waals surface area contributed by atoms with Gasteiger partial charge in [-0.3, -0.25) is 4.72 Å². The Morgan fingerprint density at radius 2 is 1.86 bits per heavy atom. The second-order valence-corrected chi connectivity index (χ2v) is 9.12. The van der Waals surface area contributed by atoms with Crippen molar-refractivity contribution in [2.45, 2.75) is 38.0 Å². The Morgan fingerprint density at radius 1 is 1.18 bits per heavy atom. The van der Waals surface area contributed by atoms with Gasteiger partial charge in [0.2, 0.25) is 0 Å². The molecular weight excluding hydrogens is 378 g/mol. The van der Waals surface area contributed by atoms with Gasteiger partial charge in [0.15, 0.2) is 0 Å². The molecule has 1 aromatic carbocycles. The summed E-state index contributed by atoms with van der Waals surface area (Å²) in [5.74, 6) is -0.304. The van der Waals surface area contributed by atoms with Crippen LogP contribution in [0.15, 0.2) is 47.5 Å². The van der Waals surface area contributed by atoms with Crippen LogP contribution in [0.25, 0.3) is 10.9 Å². The molecule has 3 rings (SSSR count). The number of sulfonamides is 1. The highest BCUT2D eigenvalue weighted by molar-refractivity contribution is 7.92. The van der Waals surface area contributed by atoms with Gasteiger partial charge in [0, 0.05) is 5.39 Å². The van der Waals surface area contributed by atoms with Crippen molar-refractivity contribution in [3.05, 3.63) is 53.9 Å². The van der Waals surface area contributed by atoms with Gasteiger partial charge in [-0.25, -0.2) is 18.2 Å². The number of fused-ring (bicyclic) bond motifs is 1. The van der Waals surface area contributed by atoms with Crippen molar-refractivity contribution in [1.82, 2.24) is 9.97 Å². The number of carbonyl (C=O) groups is 1. The first-order chi connectivity index (χ1) is 13.1. The van der Waals surface area contributed by atoms with Crippen LogP contribution in [0.4, 0.5) is 5.82 Å². The number of aromatic nitrogens is 2. The second kappa shape index (κ2) is 7.27. The fourth-order valence-corrected chi connectivity index (χ4v) is 3.74. The van der Waals surface area contributed by atoms with Crippen molar-refractivity contribution in [3.8, 4) is 0 Å². The van der Waals surface area contributed by atoms with E-state index in [0.29, 0.717) is 10.9 Å². The van der Waals surface area contributed by atoms with Gasteiger partial charge in [-0.05, 0) is 42.2 Å². The fraction of sp³-hybridized carbons (Fsp3) is 0.300. The molecule has 0 saturated carbocycles. The number of esters is 1. The number of pyridine rings is 1. The summed E-state index contributed by atoms with van der Waals surface area (Å²) < 4.78 is 32.8. The number of H-pyrrole nitrogens is 1. The second-order valence-electron chi connectivity index (χ2n) is 7.44. The molecule has 0 atom stereocenters. The number of benzene rings is 1. The third-order valence-corrected chi connectivity index (χ3v) is 5.64. The van der Waals surface area contributed by atoms with E-state index in [-0.39, 0.29) is 28.4 Å². The van der Waals surface area contributed by atoms with Crippen molar-refractivity contribution in [1.29, 1.82) is 0 Å². The van der Waals surface area contributed by atoms with Crippen molar-refractivity contribution in [2.24, 2.45) is 0 Å². The molecule has 0 spiro atoms. The molecule has 0 amide bonds. The molecular formula is C20H23N3O4S. The van der Waals surface area contributed by atoms with E-state index < -0.39 is 16.0 Å². The highest BCUT2D eigenvalue weighted by Crippen LogP contribution is 2.25. The number of hydrogen-bond acceptors (Lipinski definition) is 5. The maximum atomic E-state index is 12.7. The maximum absolute atomic E-state index is 12.7. The molecule has 0 saturated heterocycles. The van der Waals surface area contributed by atoms with E-state index in [2.05, 4.69) is 35.5 Å². The highest BCUT2D eigenvalue weighted by atomic mass is 32.2. The topological polar surface area (TPSA) is 101 Å². The number of anilines is 1. The molecule has 2 heterocycles. The number of nitrogens with zero attached hydrogens (tertiary/aromatic N) is 1. The first kappa shape index (κ1) is 19.9. The summed E-state index contributed by atoms with van der Waals surface area (Å²) in [6.07, 6.45) is 1.47. The minimum absolute atomic E-state index is 0.0623. The number of ether oxygens (including phenoxy) is 1. The van der Waals surface area contributed by atoms with Gasteiger partial charge in [0.05, 0.1) is 23.2 Å². The molecule has 0 aliphatic rings. The summed E-state index contributed by atoms with van der Waals surface area (Å²) >= 11 is 0. The maximum Gasteiger partial charge on any atom is 0.354 e. The zero-order valence-corrected chi connectivity index (χ0v) is 17.1. The van der Waals surface area contributed by atoms with Gasteiger partial charge in [0.25, 0.3) is 10.0 Å². The number of rotatable bonds is 5. The predicted octanol–water partition coefficient (Wildman–Crippen LogP) is 3.84. The molecule has 7 nitrogen and oxygen atoms in total. The van der Waals surface area contributed by atoms with E-state index in [0.717, 1.165) is 5.56 Å². The van der Waals surface area contributed by atoms with E-state index >= 15 is 0 Å². The van der Waals surface area contributed by atoms with Crippen LogP contribution in [-0.4, -0.2) is 31.0 Å². The van der Waals surface area contributed by atoms with Crippen LogP contribution in [0.2, 0.25) is 0 Å². The summed E-state index contributed by atoms with van der Waals surface area (Å²) in [6, 6.07) is 9.94. The Labute approximate surface area is 164 Å². The fourth-order valence-electron chi connectivity index (χ4n) is 2.74. The van der Waals surface area contributed by atoms with Crippen molar-refractivity contribution >= 4 is 32.7 Å². The third-order valence-electron chi connectivity index (χ3n) is 4.27. The van der Waals surface area contributed by atoms with Crippen LogP contribution in [-0.2, 0) is 20.2 Å². The van der Waals surface area contributed by atoms with Gasteiger partial charge in [0.1, 0.15) is 11.5 Å². The van der Waals surface area contributed by atoms with Crippen LogP contribution in [0.5, 0.6) is 0 Å². The van der Waals surface area contributed by atoms with Gasteiger partial charge in [-0.15, -0.1) is 0 Å². The van der Waals surface area contributed by atoms with Crippen LogP contribution in [0, 0.1) is 0 Å². The predicted molar refractivity (Wildman–Crippen MR) is 108 cm³/mol. The zero-order chi connectivity index (χ0) is 20.5. The lowest BCUT2D eigenvalue weighted by Crippen LogP contribution is -2.15. The van der Waals surface area contributed by atoms with E-state index in [4.69, 9.17) is 4.74 Å². The number of aromatic amines is 1. The largest absolute Gasteiger partial charge is 0.461 e. The molecule has 28 heavy (non-hydrogen) atoms. The quantitative estimate of drug-likeness (QED) is 0.633. The SMILES string of the molecule is CCOC(=O)c1cc2cc(NS(=O)(=O)c3ccc(C(C)(C)C)cc3)ncc2[nH]1. The summed E-state index contributed by atoms with van der Waals surface area (Å²) in [7, 11) is -3.78. The number of nitrogens with one attached hydrogen (secondary N) is 2. The molecule has 0 aliphatic carbocycles. The molecule has 2 N–H and O–H groups in total. The molecule has 2 aromatic heterocycles. The zero-order valence-electron chi connectivity index (χ0n) is 16.2. The van der Waals surface area contributed by atoms with Crippen molar-refractivity contribution in [2.75, 3.05) is 11.3 Å². The summed E-state index contributed by atoms with van der Waals surface area (Å²) in [4.78, 5) is 19.0. The van der Waals surface area contributed by atoms with Crippen LogP contribution < -0.4 is 4.72 Å². The standard InChI is InChI=1S/C20H23N3O4S/c1-5-27-19(24)16-10-13-11-18(21-12-17(13)22-16)23-28(25,26)15-8-6-14(7-9-15)20(2,3)4/h6-12,22H,5H2,1-4H3,(H,21,23). The first-order valence-corrected chi connectivity index (χ1v) is 10.4. The van der Waals surface area contributed by atoms with Gasteiger partial charge in [-0.2, -0.15) is 0 Å². The Bertz CT molecular complexity index is 1110. The van der Waals surface area contributed by atoms with E-state index in [1.807, 2.05) is 12.1 Å². The molecule has 0 bridgehead atoms. The Balaban J connectivity index is 1.85. The van der Waals surface area contributed by atoms with E-state index in [1.54, 1.807) is 31.2 Å². The Morgan fingerprint density at radius 3 is 2.46 bits per heavy atom. The normalized spacial score (nSPS) is 12.1. The van der Waals surface area contributed by atoms with Crippen molar-refractivity contribution < 1.29 is 17.9 Å². The molecule has 0 unspecified atom stereocenters. The molecule has 8 heteroatoms. The summed E-state index contributed by atoms with van der Waals surface area (Å²) in [5, 5.41) is 0.652. The van der Waals surface area contributed by atoms with Crippen molar-refractivity contribution in [3.63, 3.8) is 0 Å². The average molecular weight is 401 g/mol. The lowest BCUT2D eigenvalue weighted by Gasteiger charge is -2.19. The lowest BCUT2D eigenvalue weighted by molar-refractivity contribution is 0.0520. The van der Waals surface area contributed by atoms with Crippen LogP contribution in [0.3, 0.4) is 0 Å². The van der Waals surface area contributed by atoms with Gasteiger partial charge in [-0.1, -0.05) is 32.9 Å². The highest BCUT2D eigenvalue weighted by Gasteiger charge is 2.19. The molecule has 148 valence electrons. The average Bonchev–Trinajstić information content (AvgIpc) is 3.04. The molecule has 0 radical (unpaired) electrons. The molecule has 0 fully saturated rings. The van der Waals surface area contributed by atoms with Gasteiger partial charge >= 0.3 is 5.97 Å². The third kappa shape index (κ3) is 4.17. The Kier molecular flexibility index (Phi) is 5.16. The van der Waals surface area contributed by atoms with Crippen LogP contribution in [0.1, 0.15) is 43.7 Å². The smallest absolute Gasteiger partial charge is 0.354 e. The number of carbonyl (C=O) groups excluding carboxylic acids is 1. The summed E-state index contributed by atoms with van der Waals surface area (Å²) in [5.41, 5.74) is 1.88. The molecule has 3 aromatic rings. The van der Waals surface area contributed by atoms with Crippen LogP contribution >= 0.6 is 0 Å². The van der Waals surface area contributed by atoms with Gasteiger partial charge < -0.3 is 9.72 Å². The monoisotopic (exact) mass is 401 g/mol. The number of hydrogen-bond donors (Lipinski definition) is 2. The minimum Gasteiger partial charge on any atom is -0.461 e. The van der Waals surface area contributed by atoms with E-state index in [1.165, 1.54) is 6.20 Å². The van der Waals surface area contributed by atoms with E-state index in [9.17, 15) is 13.2 Å². The first-order valence-electron chi connectivity index (χ1n) is 8.89. The Hall–Kier alpha value is -2.87. The lowest BCUT2D eigenvalue weighted by atomic mass is 9.87.